The molecule has 7 heteroatoms. The van der Waals surface area contributed by atoms with Gasteiger partial charge < -0.3 is 15.1 Å². The van der Waals surface area contributed by atoms with Crippen LogP contribution in [0.5, 0.6) is 0 Å². The Morgan fingerprint density at radius 1 is 1.23 bits per heavy atom. The van der Waals surface area contributed by atoms with Crippen molar-refractivity contribution in [2.24, 2.45) is 0 Å². The number of aliphatic hydroxyl groups is 1. The molecule has 114 valence electrons. The van der Waals surface area contributed by atoms with Crippen LogP contribution in [0.4, 0.5) is 5.95 Å². The molecule has 0 radical (unpaired) electrons. The zero-order valence-corrected chi connectivity index (χ0v) is 11.9. The maximum absolute atomic E-state index is 11.0. The number of hydrogen-bond donors (Lipinski definition) is 2. The van der Waals surface area contributed by atoms with Crippen molar-refractivity contribution in [3.8, 4) is 11.1 Å². The van der Waals surface area contributed by atoms with Gasteiger partial charge in [-0.2, -0.15) is 0 Å². The number of pyridine rings is 1. The summed E-state index contributed by atoms with van der Waals surface area (Å²) in [7, 11) is 0. The molecule has 2 aromatic rings. The van der Waals surface area contributed by atoms with Gasteiger partial charge in [0, 0.05) is 37.2 Å². The molecule has 0 aromatic carbocycles. The van der Waals surface area contributed by atoms with E-state index in [9.17, 15) is 9.90 Å². The largest absolute Gasteiger partial charge is 0.477 e. The fourth-order valence-corrected chi connectivity index (χ4v) is 2.50. The zero-order valence-electron chi connectivity index (χ0n) is 11.9. The molecule has 3 heterocycles. The molecule has 1 unspecified atom stereocenters. The normalized spacial score (nSPS) is 18.2. The van der Waals surface area contributed by atoms with E-state index in [0.717, 1.165) is 24.9 Å². The van der Waals surface area contributed by atoms with Crippen LogP contribution in [0.25, 0.3) is 11.1 Å². The Kier molecular flexibility index (Phi) is 3.97. The standard InChI is InChI=1S/C15H16N4O3/c20-12-2-1-5-19(9-12)15-17-7-11(8-18-15)10-3-4-16-13(6-10)14(21)22/h3-4,6-8,12,20H,1-2,5,9H2,(H,21,22). The minimum atomic E-state index is -1.07. The van der Waals surface area contributed by atoms with Crippen molar-refractivity contribution < 1.29 is 15.0 Å². The van der Waals surface area contributed by atoms with Crippen LogP contribution >= 0.6 is 0 Å². The highest BCUT2D eigenvalue weighted by Gasteiger charge is 2.19. The lowest BCUT2D eigenvalue weighted by Gasteiger charge is -2.29. The molecule has 0 saturated carbocycles. The summed E-state index contributed by atoms with van der Waals surface area (Å²) in [6, 6.07) is 3.21. The quantitative estimate of drug-likeness (QED) is 0.878. The first-order valence-electron chi connectivity index (χ1n) is 7.08. The van der Waals surface area contributed by atoms with Crippen molar-refractivity contribution in [2.75, 3.05) is 18.0 Å². The van der Waals surface area contributed by atoms with E-state index in [1.807, 2.05) is 4.90 Å². The SMILES string of the molecule is O=C(O)c1cc(-c2cnc(N3CCCC(O)C3)nc2)ccn1. The number of carbonyl (C=O) groups is 1. The van der Waals surface area contributed by atoms with E-state index >= 15 is 0 Å². The predicted octanol–water partition coefficient (Wildman–Crippen LogP) is 1.20. The summed E-state index contributed by atoms with van der Waals surface area (Å²) in [6.45, 7) is 1.37. The first-order valence-corrected chi connectivity index (χ1v) is 7.08. The van der Waals surface area contributed by atoms with Crippen LogP contribution in [-0.4, -0.2) is 50.3 Å². The first kappa shape index (κ1) is 14.4. The Hall–Kier alpha value is -2.54. The highest BCUT2D eigenvalue weighted by Crippen LogP contribution is 2.21. The summed E-state index contributed by atoms with van der Waals surface area (Å²) in [4.78, 5) is 25.3. The average molecular weight is 300 g/mol. The molecule has 1 fully saturated rings. The van der Waals surface area contributed by atoms with Gasteiger partial charge in [0.05, 0.1) is 6.10 Å². The molecule has 1 saturated heterocycles. The third-order valence-corrected chi connectivity index (χ3v) is 3.63. The minimum absolute atomic E-state index is 0.0132. The van der Waals surface area contributed by atoms with Gasteiger partial charge in [-0.05, 0) is 30.5 Å². The molecule has 0 amide bonds. The monoisotopic (exact) mass is 300 g/mol. The van der Waals surface area contributed by atoms with Crippen LogP contribution in [0.1, 0.15) is 23.3 Å². The molecule has 22 heavy (non-hydrogen) atoms. The molecular weight excluding hydrogens is 284 g/mol. The smallest absolute Gasteiger partial charge is 0.354 e. The molecule has 0 aliphatic carbocycles. The fraction of sp³-hybridized carbons (Fsp3) is 0.333. The third kappa shape index (κ3) is 3.04. The highest BCUT2D eigenvalue weighted by molar-refractivity contribution is 5.87. The minimum Gasteiger partial charge on any atom is -0.477 e. The molecule has 0 bridgehead atoms. The van der Waals surface area contributed by atoms with E-state index in [0.29, 0.717) is 18.1 Å². The van der Waals surface area contributed by atoms with Crippen LogP contribution < -0.4 is 4.90 Å². The van der Waals surface area contributed by atoms with Crippen molar-refractivity contribution >= 4 is 11.9 Å². The molecule has 1 aliphatic heterocycles. The Morgan fingerprint density at radius 2 is 2.00 bits per heavy atom. The van der Waals surface area contributed by atoms with Crippen LogP contribution in [0.15, 0.2) is 30.7 Å². The summed E-state index contributed by atoms with van der Waals surface area (Å²) in [5, 5.41) is 18.7. The lowest BCUT2D eigenvalue weighted by atomic mass is 10.1. The Balaban J connectivity index is 1.82. The van der Waals surface area contributed by atoms with Gasteiger partial charge in [0.2, 0.25) is 5.95 Å². The molecule has 0 spiro atoms. The molecule has 1 aliphatic rings. The van der Waals surface area contributed by atoms with Gasteiger partial charge >= 0.3 is 5.97 Å². The lowest BCUT2D eigenvalue weighted by Crippen LogP contribution is -2.39. The highest BCUT2D eigenvalue weighted by atomic mass is 16.4. The molecule has 2 N–H and O–H groups in total. The fourth-order valence-electron chi connectivity index (χ4n) is 2.50. The third-order valence-electron chi connectivity index (χ3n) is 3.63. The molecular formula is C15H16N4O3. The summed E-state index contributed by atoms with van der Waals surface area (Å²) in [5.41, 5.74) is 1.42. The summed E-state index contributed by atoms with van der Waals surface area (Å²) < 4.78 is 0. The first-order chi connectivity index (χ1) is 10.6. The molecule has 2 aromatic heterocycles. The van der Waals surface area contributed by atoms with Crippen LogP contribution in [0, 0.1) is 0 Å². The summed E-state index contributed by atoms with van der Waals surface area (Å²) >= 11 is 0. The van der Waals surface area contributed by atoms with E-state index in [1.165, 1.54) is 12.3 Å². The number of carboxylic acids is 1. The maximum atomic E-state index is 11.0. The van der Waals surface area contributed by atoms with E-state index in [1.54, 1.807) is 18.5 Å². The van der Waals surface area contributed by atoms with Crippen molar-refractivity contribution in [1.82, 2.24) is 15.0 Å². The number of β-amino-alcohol motifs (C(OH)–C–C–N with tert-alkyl or cyclic N) is 1. The number of aromatic carboxylic acids is 1. The maximum Gasteiger partial charge on any atom is 0.354 e. The Bertz CT molecular complexity index is 675. The van der Waals surface area contributed by atoms with Crippen molar-refractivity contribution in [1.29, 1.82) is 0 Å². The van der Waals surface area contributed by atoms with Crippen LogP contribution in [0.3, 0.4) is 0 Å². The summed E-state index contributed by atoms with van der Waals surface area (Å²) in [6.07, 6.45) is 6.15. The van der Waals surface area contributed by atoms with E-state index in [-0.39, 0.29) is 11.8 Å². The van der Waals surface area contributed by atoms with Crippen molar-refractivity contribution in [2.45, 2.75) is 18.9 Å². The van der Waals surface area contributed by atoms with Gasteiger partial charge in [0.25, 0.3) is 0 Å². The number of rotatable bonds is 3. The van der Waals surface area contributed by atoms with E-state index < -0.39 is 5.97 Å². The van der Waals surface area contributed by atoms with Crippen molar-refractivity contribution in [3.63, 3.8) is 0 Å². The van der Waals surface area contributed by atoms with Gasteiger partial charge in [-0.15, -0.1) is 0 Å². The topological polar surface area (TPSA) is 99.4 Å². The van der Waals surface area contributed by atoms with Gasteiger partial charge in [-0.3, -0.25) is 0 Å². The Labute approximate surface area is 127 Å². The second-order valence-corrected chi connectivity index (χ2v) is 5.25. The Morgan fingerprint density at radius 3 is 2.68 bits per heavy atom. The summed E-state index contributed by atoms with van der Waals surface area (Å²) in [5.74, 6) is -0.489. The van der Waals surface area contributed by atoms with E-state index in [2.05, 4.69) is 15.0 Å². The van der Waals surface area contributed by atoms with Gasteiger partial charge in [0.15, 0.2) is 0 Å². The van der Waals surface area contributed by atoms with Gasteiger partial charge in [-0.1, -0.05) is 0 Å². The lowest BCUT2D eigenvalue weighted by molar-refractivity contribution is 0.0690. The number of aliphatic hydroxyl groups excluding tert-OH is 1. The van der Waals surface area contributed by atoms with Crippen molar-refractivity contribution in [3.05, 3.63) is 36.4 Å². The van der Waals surface area contributed by atoms with E-state index in [4.69, 9.17) is 5.11 Å². The second kappa shape index (κ2) is 6.07. The van der Waals surface area contributed by atoms with Gasteiger partial charge in [-0.25, -0.2) is 19.7 Å². The number of hydrogen-bond acceptors (Lipinski definition) is 6. The number of piperidine rings is 1. The molecule has 7 nitrogen and oxygen atoms in total. The van der Waals surface area contributed by atoms with Crippen LogP contribution in [0.2, 0.25) is 0 Å². The second-order valence-electron chi connectivity index (χ2n) is 5.25. The predicted molar refractivity (Wildman–Crippen MR) is 79.7 cm³/mol. The molecule has 3 rings (SSSR count). The average Bonchev–Trinajstić information content (AvgIpc) is 2.55. The number of carboxylic acid groups (broad SMARTS) is 1. The van der Waals surface area contributed by atoms with Crippen LogP contribution in [-0.2, 0) is 0 Å². The van der Waals surface area contributed by atoms with Gasteiger partial charge in [0.1, 0.15) is 5.69 Å². The number of nitrogens with zero attached hydrogens (tertiary/aromatic N) is 4. The molecule has 1 atom stereocenters. The zero-order chi connectivity index (χ0) is 15.5. The number of aromatic nitrogens is 3. The number of anilines is 1.